The minimum absolute atomic E-state index is 0.0353. The van der Waals surface area contributed by atoms with E-state index in [9.17, 15) is 9.59 Å². The number of benzene rings is 2. The minimum Gasteiger partial charge on any atom is -0.353 e. The lowest BCUT2D eigenvalue weighted by Gasteiger charge is -2.14. The van der Waals surface area contributed by atoms with E-state index >= 15 is 0 Å². The number of hydrogen-bond acceptors (Lipinski definition) is 6. The molecule has 34 heavy (non-hydrogen) atoms. The van der Waals surface area contributed by atoms with Crippen LogP contribution in [-0.2, 0) is 4.79 Å². The van der Waals surface area contributed by atoms with Crippen molar-refractivity contribution in [3.05, 3.63) is 74.5 Å². The molecule has 0 bridgehead atoms. The van der Waals surface area contributed by atoms with Crippen LogP contribution in [0.1, 0.15) is 31.2 Å². The lowest BCUT2D eigenvalue weighted by Crippen LogP contribution is -2.34. The van der Waals surface area contributed by atoms with E-state index in [0.29, 0.717) is 25.1 Å². The number of rotatable bonds is 6. The van der Waals surface area contributed by atoms with E-state index in [0.717, 1.165) is 36.9 Å². The first kappa shape index (κ1) is 23.0. The number of thiazole rings is 1. The molecule has 0 aliphatic heterocycles. The molecule has 1 amide bonds. The lowest BCUT2D eigenvalue weighted by atomic mass is 10.2. The number of para-hydroxylation sites is 2. The van der Waals surface area contributed by atoms with E-state index in [-0.39, 0.29) is 23.3 Å². The van der Waals surface area contributed by atoms with Crippen LogP contribution in [0.3, 0.4) is 0 Å². The molecule has 1 aliphatic rings. The second kappa shape index (κ2) is 9.85. The maximum atomic E-state index is 13.7. The third kappa shape index (κ3) is 4.47. The summed E-state index contributed by atoms with van der Waals surface area (Å²) in [5.41, 5.74) is 3.00. The van der Waals surface area contributed by atoms with Crippen molar-refractivity contribution < 1.29 is 4.79 Å². The summed E-state index contributed by atoms with van der Waals surface area (Å²) >= 11 is 8.21. The smallest absolute Gasteiger partial charge is 0.278 e. The molecule has 0 radical (unpaired) electrons. The van der Waals surface area contributed by atoms with Gasteiger partial charge in [-0.3, -0.25) is 18.7 Å². The molecule has 0 atom stereocenters. The summed E-state index contributed by atoms with van der Waals surface area (Å²) in [5, 5.41) is 3.59. The number of hydrogen-bond donors (Lipinski definition) is 1. The quantitative estimate of drug-likeness (QED) is 0.214. The Kier molecular flexibility index (Phi) is 6.67. The third-order valence-electron chi connectivity index (χ3n) is 6.00. The highest BCUT2D eigenvalue weighted by molar-refractivity contribution is 7.99. The SMILES string of the molecule is Cc1ccccc1-n1c(=S)sc2c(=O)n(-c3ccccc3)c(SCC(=O)NC3CCCC3)nc21. The van der Waals surface area contributed by atoms with Gasteiger partial charge in [-0.2, -0.15) is 0 Å². The molecule has 174 valence electrons. The van der Waals surface area contributed by atoms with Gasteiger partial charge in [0.25, 0.3) is 5.56 Å². The Bertz CT molecular complexity index is 1470. The number of fused-ring (bicyclic) bond motifs is 1. The second-order valence-electron chi connectivity index (χ2n) is 8.35. The molecule has 1 fully saturated rings. The summed E-state index contributed by atoms with van der Waals surface area (Å²) in [6, 6.07) is 17.6. The number of aryl methyl sites for hydroxylation is 1. The van der Waals surface area contributed by atoms with Crippen molar-refractivity contribution in [1.82, 2.24) is 19.4 Å². The van der Waals surface area contributed by atoms with Gasteiger partial charge in [0.05, 0.1) is 17.1 Å². The molecule has 9 heteroatoms. The first-order chi connectivity index (χ1) is 16.5. The van der Waals surface area contributed by atoms with Crippen molar-refractivity contribution in [1.29, 1.82) is 0 Å². The average Bonchev–Trinajstić information content (AvgIpc) is 3.46. The molecule has 0 spiro atoms. The molecule has 2 aromatic carbocycles. The topological polar surface area (TPSA) is 68.9 Å². The summed E-state index contributed by atoms with van der Waals surface area (Å²) < 4.78 is 4.51. The van der Waals surface area contributed by atoms with E-state index in [1.807, 2.05) is 66.1 Å². The van der Waals surface area contributed by atoms with Gasteiger partial charge in [-0.1, -0.05) is 72.3 Å². The summed E-state index contributed by atoms with van der Waals surface area (Å²) in [4.78, 5) is 31.3. The Morgan fingerprint density at radius 3 is 2.56 bits per heavy atom. The predicted molar refractivity (Wildman–Crippen MR) is 141 cm³/mol. The molecule has 4 aromatic rings. The van der Waals surface area contributed by atoms with Gasteiger partial charge in [-0.05, 0) is 55.7 Å². The van der Waals surface area contributed by atoms with E-state index < -0.39 is 0 Å². The maximum absolute atomic E-state index is 13.7. The van der Waals surface area contributed by atoms with Gasteiger partial charge in [-0.25, -0.2) is 4.98 Å². The number of carbonyl (C=O) groups excluding carboxylic acids is 1. The molecular weight excluding hydrogens is 485 g/mol. The Balaban J connectivity index is 1.62. The molecule has 1 aliphatic carbocycles. The zero-order valence-electron chi connectivity index (χ0n) is 18.7. The van der Waals surface area contributed by atoms with Gasteiger partial charge in [0, 0.05) is 6.04 Å². The normalized spacial score (nSPS) is 14.0. The van der Waals surface area contributed by atoms with Crippen molar-refractivity contribution in [2.75, 3.05) is 5.75 Å². The van der Waals surface area contributed by atoms with Crippen LogP contribution < -0.4 is 10.9 Å². The van der Waals surface area contributed by atoms with Crippen molar-refractivity contribution >= 4 is 51.6 Å². The number of thioether (sulfide) groups is 1. The van der Waals surface area contributed by atoms with E-state index in [1.54, 1.807) is 4.57 Å². The lowest BCUT2D eigenvalue weighted by molar-refractivity contribution is -0.119. The van der Waals surface area contributed by atoms with E-state index in [4.69, 9.17) is 17.2 Å². The van der Waals surface area contributed by atoms with Crippen LogP contribution in [0.15, 0.2) is 64.5 Å². The largest absolute Gasteiger partial charge is 0.353 e. The highest BCUT2D eigenvalue weighted by Gasteiger charge is 2.21. The fourth-order valence-corrected chi connectivity index (χ4v) is 6.44. The van der Waals surface area contributed by atoms with Crippen LogP contribution >= 0.6 is 35.3 Å². The molecule has 5 rings (SSSR count). The first-order valence-electron chi connectivity index (χ1n) is 11.2. The zero-order chi connectivity index (χ0) is 23.7. The van der Waals surface area contributed by atoms with Gasteiger partial charge >= 0.3 is 0 Å². The number of nitrogens with one attached hydrogen (secondary N) is 1. The fraction of sp³-hybridized carbons (Fsp3) is 0.280. The highest BCUT2D eigenvalue weighted by Crippen LogP contribution is 2.28. The van der Waals surface area contributed by atoms with Gasteiger partial charge < -0.3 is 5.32 Å². The number of nitrogens with zero attached hydrogens (tertiary/aromatic N) is 3. The molecule has 0 saturated heterocycles. The molecular formula is C25H24N4O2S3. The molecule has 1 N–H and O–H groups in total. The fourth-order valence-electron chi connectivity index (χ4n) is 4.33. The van der Waals surface area contributed by atoms with Gasteiger partial charge in [0.1, 0.15) is 4.70 Å². The van der Waals surface area contributed by atoms with Crippen LogP contribution in [-0.4, -0.2) is 31.8 Å². The number of carbonyl (C=O) groups is 1. The standard InChI is InChI=1S/C25H24N4O2S3/c1-16-9-5-8-14-19(16)29-22-21(34-25(29)32)23(31)28(18-12-3-2-4-13-18)24(27-22)33-15-20(30)26-17-10-6-7-11-17/h2-5,8-9,12-14,17H,6-7,10-11,15H2,1H3,(H,26,30). The van der Waals surface area contributed by atoms with Crippen LogP contribution in [0.5, 0.6) is 0 Å². The third-order valence-corrected chi connectivity index (χ3v) is 8.29. The summed E-state index contributed by atoms with van der Waals surface area (Å²) in [6.07, 6.45) is 4.37. The first-order valence-corrected chi connectivity index (χ1v) is 13.5. The summed E-state index contributed by atoms with van der Waals surface area (Å²) in [5.74, 6) is 0.156. The number of amides is 1. The van der Waals surface area contributed by atoms with Crippen LogP contribution in [0.25, 0.3) is 21.7 Å². The Labute approximate surface area is 210 Å². The molecule has 2 aromatic heterocycles. The second-order valence-corrected chi connectivity index (χ2v) is 10.9. The van der Waals surface area contributed by atoms with Gasteiger partial charge in [0.15, 0.2) is 14.8 Å². The molecule has 0 unspecified atom stereocenters. The Morgan fingerprint density at radius 2 is 1.82 bits per heavy atom. The molecule has 1 saturated carbocycles. The zero-order valence-corrected chi connectivity index (χ0v) is 21.1. The number of aromatic nitrogens is 3. The van der Waals surface area contributed by atoms with Crippen molar-refractivity contribution in [3.63, 3.8) is 0 Å². The molecule has 6 nitrogen and oxygen atoms in total. The Morgan fingerprint density at radius 1 is 1.12 bits per heavy atom. The predicted octanol–water partition coefficient (Wildman–Crippen LogP) is 5.43. The average molecular weight is 509 g/mol. The molecule has 2 heterocycles. The van der Waals surface area contributed by atoms with E-state index in [1.165, 1.54) is 23.1 Å². The van der Waals surface area contributed by atoms with E-state index in [2.05, 4.69) is 5.32 Å². The van der Waals surface area contributed by atoms with Crippen LogP contribution in [0, 0.1) is 10.9 Å². The monoisotopic (exact) mass is 508 g/mol. The van der Waals surface area contributed by atoms with Crippen LogP contribution in [0.4, 0.5) is 0 Å². The Hall–Kier alpha value is -2.75. The highest BCUT2D eigenvalue weighted by atomic mass is 32.2. The summed E-state index contributed by atoms with van der Waals surface area (Å²) in [7, 11) is 0. The van der Waals surface area contributed by atoms with Gasteiger partial charge in [-0.15, -0.1) is 0 Å². The summed E-state index contributed by atoms with van der Waals surface area (Å²) in [6.45, 7) is 2.01. The van der Waals surface area contributed by atoms with Crippen molar-refractivity contribution in [2.45, 2.75) is 43.8 Å². The van der Waals surface area contributed by atoms with Crippen molar-refractivity contribution in [2.24, 2.45) is 0 Å². The van der Waals surface area contributed by atoms with Gasteiger partial charge in [0.2, 0.25) is 5.91 Å². The van der Waals surface area contributed by atoms with Crippen molar-refractivity contribution in [3.8, 4) is 11.4 Å². The van der Waals surface area contributed by atoms with Crippen LogP contribution in [0.2, 0.25) is 0 Å². The minimum atomic E-state index is -0.182. The maximum Gasteiger partial charge on any atom is 0.278 e.